The molecule has 4 heteroatoms. The monoisotopic (exact) mass is 282 g/mol. The Hall–Kier alpha value is -2.62. The zero-order valence-electron chi connectivity index (χ0n) is 11.9. The quantitative estimate of drug-likeness (QED) is 0.882. The van der Waals surface area contributed by atoms with Crippen LogP contribution in [0.4, 0.5) is 0 Å². The Labute approximate surface area is 123 Å². The number of nitrogens with two attached hydrogens (primary N) is 2. The molecule has 0 aromatic heterocycles. The topological polar surface area (TPSA) is 86.2 Å². The molecule has 0 aliphatic rings. The van der Waals surface area contributed by atoms with Gasteiger partial charge in [-0.3, -0.25) is 9.59 Å². The highest BCUT2D eigenvalue weighted by Crippen LogP contribution is 2.28. The highest BCUT2D eigenvalue weighted by Gasteiger charge is 2.13. The lowest BCUT2D eigenvalue weighted by molar-refractivity contribution is 0.0992. The molecule has 0 radical (unpaired) electrons. The maximum atomic E-state index is 11.1. The largest absolute Gasteiger partial charge is 0.366 e. The zero-order valence-corrected chi connectivity index (χ0v) is 11.9. The van der Waals surface area contributed by atoms with E-state index < -0.39 is 11.8 Å². The predicted octanol–water partition coefficient (Wildman–Crippen LogP) is 2.43. The van der Waals surface area contributed by atoms with Gasteiger partial charge in [-0.25, -0.2) is 0 Å². The summed E-state index contributed by atoms with van der Waals surface area (Å²) in [4.78, 5) is 22.2. The van der Waals surface area contributed by atoms with E-state index >= 15 is 0 Å². The van der Waals surface area contributed by atoms with E-state index in [9.17, 15) is 9.59 Å². The summed E-state index contributed by atoms with van der Waals surface area (Å²) < 4.78 is 0. The van der Waals surface area contributed by atoms with Crippen molar-refractivity contribution in [3.05, 3.63) is 70.8 Å². The average Bonchev–Trinajstić information content (AvgIpc) is 2.49. The van der Waals surface area contributed by atoms with Crippen molar-refractivity contribution in [3.63, 3.8) is 0 Å². The molecular formula is C17H18N2O2. The van der Waals surface area contributed by atoms with Crippen LogP contribution in [0.15, 0.2) is 48.5 Å². The summed E-state index contributed by atoms with van der Waals surface area (Å²) in [5.41, 5.74) is 13.7. The molecule has 0 aliphatic carbocycles. The molecule has 2 amide bonds. The van der Waals surface area contributed by atoms with Crippen LogP contribution in [0.25, 0.3) is 0 Å². The molecule has 0 saturated heterocycles. The van der Waals surface area contributed by atoms with Gasteiger partial charge >= 0.3 is 0 Å². The van der Waals surface area contributed by atoms with Gasteiger partial charge in [0.25, 0.3) is 0 Å². The second kappa shape index (κ2) is 6.22. The molecule has 0 atom stereocenters. The lowest BCUT2D eigenvalue weighted by atomic mass is 9.88. The van der Waals surface area contributed by atoms with E-state index in [0.717, 1.165) is 17.5 Å². The molecule has 0 spiro atoms. The molecule has 108 valence electrons. The number of hydrogen-bond acceptors (Lipinski definition) is 2. The molecule has 0 heterocycles. The molecule has 0 saturated carbocycles. The minimum absolute atomic E-state index is 0.203. The Morgan fingerprint density at radius 3 is 1.38 bits per heavy atom. The Morgan fingerprint density at radius 2 is 1.14 bits per heavy atom. The molecule has 0 unspecified atom stereocenters. The van der Waals surface area contributed by atoms with Crippen LogP contribution in [0.1, 0.15) is 51.1 Å². The second-order valence-corrected chi connectivity index (χ2v) is 4.93. The number of hydrogen-bond donors (Lipinski definition) is 2. The third-order valence-corrected chi connectivity index (χ3v) is 3.60. The first-order chi connectivity index (χ1) is 10.0. The smallest absolute Gasteiger partial charge is 0.248 e. The SMILES string of the molecule is CCC(c1ccc(C(N)=O)cc1)c1ccc(C(N)=O)cc1. The van der Waals surface area contributed by atoms with Gasteiger partial charge < -0.3 is 11.5 Å². The van der Waals surface area contributed by atoms with Gasteiger partial charge in [0.15, 0.2) is 0 Å². The summed E-state index contributed by atoms with van der Waals surface area (Å²) in [5, 5.41) is 0. The van der Waals surface area contributed by atoms with E-state index in [1.165, 1.54) is 0 Å². The van der Waals surface area contributed by atoms with Crippen molar-refractivity contribution in [1.29, 1.82) is 0 Å². The first-order valence-corrected chi connectivity index (χ1v) is 6.82. The minimum atomic E-state index is -0.430. The van der Waals surface area contributed by atoms with E-state index in [-0.39, 0.29) is 5.92 Å². The Morgan fingerprint density at radius 1 is 0.810 bits per heavy atom. The molecule has 2 rings (SSSR count). The van der Waals surface area contributed by atoms with Crippen molar-refractivity contribution < 1.29 is 9.59 Å². The third-order valence-electron chi connectivity index (χ3n) is 3.60. The Bertz CT molecular complexity index is 588. The number of carbonyl (C=O) groups excluding carboxylic acids is 2. The van der Waals surface area contributed by atoms with Crippen molar-refractivity contribution in [3.8, 4) is 0 Å². The van der Waals surface area contributed by atoms with Gasteiger partial charge in [0.1, 0.15) is 0 Å². The van der Waals surface area contributed by atoms with Gasteiger partial charge in [0.2, 0.25) is 11.8 Å². The maximum absolute atomic E-state index is 11.1. The van der Waals surface area contributed by atoms with Crippen molar-refractivity contribution in [2.75, 3.05) is 0 Å². The molecule has 2 aromatic rings. The van der Waals surface area contributed by atoms with E-state index in [1.54, 1.807) is 24.3 Å². The number of primary amides is 2. The molecular weight excluding hydrogens is 264 g/mol. The first-order valence-electron chi connectivity index (χ1n) is 6.82. The van der Waals surface area contributed by atoms with Gasteiger partial charge in [0.05, 0.1) is 0 Å². The maximum Gasteiger partial charge on any atom is 0.248 e. The summed E-state index contributed by atoms with van der Waals surface area (Å²) in [6, 6.07) is 14.6. The molecule has 0 bridgehead atoms. The summed E-state index contributed by atoms with van der Waals surface area (Å²) in [6.07, 6.45) is 0.909. The summed E-state index contributed by atoms with van der Waals surface area (Å²) in [5.74, 6) is -0.658. The molecule has 21 heavy (non-hydrogen) atoms. The molecule has 2 aromatic carbocycles. The average molecular weight is 282 g/mol. The summed E-state index contributed by atoms with van der Waals surface area (Å²) in [7, 11) is 0. The highest BCUT2D eigenvalue weighted by atomic mass is 16.1. The lowest BCUT2D eigenvalue weighted by Gasteiger charge is -2.16. The van der Waals surface area contributed by atoms with Crippen LogP contribution in [0.3, 0.4) is 0 Å². The van der Waals surface area contributed by atoms with E-state index in [2.05, 4.69) is 6.92 Å². The lowest BCUT2D eigenvalue weighted by Crippen LogP contribution is -2.11. The number of rotatable bonds is 5. The third kappa shape index (κ3) is 3.28. The van der Waals surface area contributed by atoms with Gasteiger partial charge in [-0.15, -0.1) is 0 Å². The van der Waals surface area contributed by atoms with Crippen LogP contribution in [-0.2, 0) is 0 Å². The molecule has 4 N–H and O–H groups in total. The zero-order chi connectivity index (χ0) is 15.4. The van der Waals surface area contributed by atoms with Crippen LogP contribution in [0.5, 0.6) is 0 Å². The van der Waals surface area contributed by atoms with Crippen molar-refractivity contribution in [2.24, 2.45) is 11.5 Å². The standard InChI is InChI=1S/C17H18N2O2/c1-2-15(11-3-7-13(8-4-11)16(18)20)12-5-9-14(10-6-12)17(19)21/h3-10,15H,2H2,1H3,(H2,18,20)(H2,19,21). The molecule has 0 fully saturated rings. The van der Waals surface area contributed by atoms with Crippen LogP contribution in [0, 0.1) is 0 Å². The van der Waals surface area contributed by atoms with Gasteiger partial charge in [-0.1, -0.05) is 31.2 Å². The summed E-state index contributed by atoms with van der Waals surface area (Å²) >= 11 is 0. The number of benzene rings is 2. The number of carbonyl (C=O) groups is 2. The first kappa shape index (κ1) is 14.8. The fraction of sp³-hybridized carbons (Fsp3) is 0.176. The normalized spacial score (nSPS) is 10.6. The molecule has 0 aliphatic heterocycles. The van der Waals surface area contributed by atoms with Crippen LogP contribution < -0.4 is 11.5 Å². The Balaban J connectivity index is 2.30. The van der Waals surface area contributed by atoms with Gasteiger partial charge in [-0.2, -0.15) is 0 Å². The summed E-state index contributed by atoms with van der Waals surface area (Å²) in [6.45, 7) is 2.09. The Kier molecular flexibility index (Phi) is 4.38. The van der Waals surface area contributed by atoms with E-state index in [4.69, 9.17) is 11.5 Å². The fourth-order valence-corrected chi connectivity index (χ4v) is 2.42. The van der Waals surface area contributed by atoms with Crippen LogP contribution in [0.2, 0.25) is 0 Å². The highest BCUT2D eigenvalue weighted by molar-refractivity contribution is 5.93. The minimum Gasteiger partial charge on any atom is -0.366 e. The van der Waals surface area contributed by atoms with E-state index in [1.807, 2.05) is 24.3 Å². The van der Waals surface area contributed by atoms with Crippen LogP contribution in [-0.4, -0.2) is 11.8 Å². The van der Waals surface area contributed by atoms with Gasteiger partial charge in [-0.05, 0) is 41.8 Å². The van der Waals surface area contributed by atoms with Crippen molar-refractivity contribution >= 4 is 11.8 Å². The van der Waals surface area contributed by atoms with E-state index in [0.29, 0.717) is 11.1 Å². The van der Waals surface area contributed by atoms with Crippen molar-refractivity contribution in [2.45, 2.75) is 19.3 Å². The molecule has 4 nitrogen and oxygen atoms in total. The fourth-order valence-electron chi connectivity index (χ4n) is 2.42. The van der Waals surface area contributed by atoms with Crippen molar-refractivity contribution in [1.82, 2.24) is 0 Å². The predicted molar refractivity (Wildman–Crippen MR) is 82.1 cm³/mol. The number of amides is 2. The second-order valence-electron chi connectivity index (χ2n) is 4.93. The van der Waals surface area contributed by atoms with Gasteiger partial charge in [0, 0.05) is 17.0 Å². The van der Waals surface area contributed by atoms with Crippen LogP contribution >= 0.6 is 0 Å².